The molecule has 1 heterocycles. The van der Waals surface area contributed by atoms with Gasteiger partial charge in [0.05, 0.1) is 11.8 Å². The van der Waals surface area contributed by atoms with Crippen molar-refractivity contribution in [3.8, 4) is 5.75 Å². The molecule has 6 nitrogen and oxygen atoms in total. The van der Waals surface area contributed by atoms with Crippen LogP contribution in [0.25, 0.3) is 0 Å². The van der Waals surface area contributed by atoms with Crippen LogP contribution in [0.1, 0.15) is 32.4 Å². The van der Waals surface area contributed by atoms with E-state index in [1.165, 1.54) is 11.8 Å². The normalized spacial score (nSPS) is 12.2. The average molecular weight is 348 g/mol. The van der Waals surface area contributed by atoms with Crippen LogP contribution in [-0.4, -0.2) is 39.1 Å². The van der Waals surface area contributed by atoms with E-state index in [4.69, 9.17) is 4.74 Å². The minimum Gasteiger partial charge on any atom is -0.491 e. The molecule has 0 spiro atoms. The van der Waals surface area contributed by atoms with Gasteiger partial charge < -0.3 is 14.6 Å². The summed E-state index contributed by atoms with van der Waals surface area (Å²) in [5, 5.41) is 11.6. The molecule has 7 heteroatoms. The van der Waals surface area contributed by atoms with Crippen molar-refractivity contribution in [1.82, 2.24) is 20.1 Å². The third-order valence-corrected chi connectivity index (χ3v) is 4.28. The molecule has 1 aromatic carbocycles. The number of rotatable bonds is 8. The van der Waals surface area contributed by atoms with Gasteiger partial charge in [0.1, 0.15) is 18.7 Å². The number of benzene rings is 1. The Kier molecular flexibility index (Phi) is 6.66. The number of aromatic nitrogens is 3. The van der Waals surface area contributed by atoms with Gasteiger partial charge in [0.2, 0.25) is 5.91 Å². The fourth-order valence-electron chi connectivity index (χ4n) is 2.10. The van der Waals surface area contributed by atoms with Crippen LogP contribution in [0.2, 0.25) is 0 Å². The molecule has 2 rings (SSSR count). The molecule has 1 N–H and O–H groups in total. The molecule has 1 unspecified atom stereocenters. The van der Waals surface area contributed by atoms with Crippen molar-refractivity contribution in [2.45, 2.75) is 44.9 Å². The van der Waals surface area contributed by atoms with E-state index in [0.717, 1.165) is 16.5 Å². The Morgan fingerprint density at radius 1 is 1.38 bits per heavy atom. The van der Waals surface area contributed by atoms with E-state index in [1.807, 2.05) is 42.7 Å². The molecule has 0 aliphatic carbocycles. The Morgan fingerprint density at radius 3 is 2.88 bits per heavy atom. The highest BCUT2D eigenvalue weighted by Crippen LogP contribution is 2.18. The zero-order chi connectivity index (χ0) is 17.5. The minimum atomic E-state index is -0.0680. The second-order valence-electron chi connectivity index (χ2n) is 6.00. The van der Waals surface area contributed by atoms with Crippen LogP contribution in [0.4, 0.5) is 0 Å². The van der Waals surface area contributed by atoms with Gasteiger partial charge in [-0.15, -0.1) is 10.2 Å². The SMILES string of the molecule is Cc1cccc(OCC(C)NC(=O)CSc2nncn2C(C)C)c1. The minimum absolute atomic E-state index is 0.0429. The van der Waals surface area contributed by atoms with Crippen molar-refractivity contribution in [3.63, 3.8) is 0 Å². The molecule has 2 aromatic rings. The number of hydrogen-bond donors (Lipinski definition) is 1. The lowest BCUT2D eigenvalue weighted by molar-refractivity contribution is -0.119. The maximum absolute atomic E-state index is 12.1. The first-order valence-electron chi connectivity index (χ1n) is 7.97. The van der Waals surface area contributed by atoms with Crippen LogP contribution >= 0.6 is 11.8 Å². The highest BCUT2D eigenvalue weighted by Gasteiger charge is 2.12. The van der Waals surface area contributed by atoms with Crippen LogP contribution in [0, 0.1) is 6.92 Å². The molecular formula is C17H24N4O2S. The van der Waals surface area contributed by atoms with E-state index < -0.39 is 0 Å². The topological polar surface area (TPSA) is 69.0 Å². The number of thioether (sulfide) groups is 1. The largest absolute Gasteiger partial charge is 0.491 e. The molecular weight excluding hydrogens is 324 g/mol. The molecule has 0 bridgehead atoms. The quantitative estimate of drug-likeness (QED) is 0.743. The molecule has 0 radical (unpaired) electrons. The van der Waals surface area contributed by atoms with Crippen LogP contribution in [-0.2, 0) is 4.79 Å². The first-order chi connectivity index (χ1) is 11.5. The lowest BCUT2D eigenvalue weighted by Crippen LogP contribution is -2.37. The zero-order valence-electron chi connectivity index (χ0n) is 14.5. The second-order valence-corrected chi connectivity index (χ2v) is 6.94. The smallest absolute Gasteiger partial charge is 0.230 e. The number of nitrogens with zero attached hydrogens (tertiary/aromatic N) is 3. The summed E-state index contributed by atoms with van der Waals surface area (Å²) in [6.07, 6.45) is 1.68. The lowest BCUT2D eigenvalue weighted by Gasteiger charge is -2.15. The van der Waals surface area contributed by atoms with Crippen LogP contribution in [0.5, 0.6) is 5.75 Å². The predicted molar refractivity (Wildman–Crippen MR) is 95.4 cm³/mol. The Labute approximate surface area is 147 Å². The number of aryl methyl sites for hydroxylation is 1. The van der Waals surface area contributed by atoms with E-state index >= 15 is 0 Å². The van der Waals surface area contributed by atoms with Crippen molar-refractivity contribution in [3.05, 3.63) is 36.2 Å². The van der Waals surface area contributed by atoms with Gasteiger partial charge in [-0.3, -0.25) is 4.79 Å². The Bertz CT molecular complexity index is 672. The van der Waals surface area contributed by atoms with Gasteiger partial charge in [-0.1, -0.05) is 23.9 Å². The molecule has 24 heavy (non-hydrogen) atoms. The average Bonchev–Trinajstić information content (AvgIpc) is 3.00. The van der Waals surface area contributed by atoms with E-state index in [2.05, 4.69) is 29.4 Å². The maximum Gasteiger partial charge on any atom is 0.230 e. The predicted octanol–water partition coefficient (Wildman–Crippen LogP) is 2.84. The number of ether oxygens (including phenoxy) is 1. The van der Waals surface area contributed by atoms with Gasteiger partial charge in [0.25, 0.3) is 0 Å². The van der Waals surface area contributed by atoms with Crippen LogP contribution < -0.4 is 10.1 Å². The van der Waals surface area contributed by atoms with Crippen molar-refractivity contribution >= 4 is 17.7 Å². The molecule has 0 saturated heterocycles. The summed E-state index contributed by atoms with van der Waals surface area (Å²) >= 11 is 1.39. The summed E-state index contributed by atoms with van der Waals surface area (Å²) in [7, 11) is 0. The van der Waals surface area contributed by atoms with Gasteiger partial charge in [-0.2, -0.15) is 0 Å². The zero-order valence-corrected chi connectivity index (χ0v) is 15.3. The van der Waals surface area contributed by atoms with Crippen molar-refractivity contribution in [1.29, 1.82) is 0 Å². The Hall–Kier alpha value is -2.02. The van der Waals surface area contributed by atoms with E-state index in [1.54, 1.807) is 6.33 Å². The van der Waals surface area contributed by atoms with Crippen molar-refractivity contribution < 1.29 is 9.53 Å². The van der Waals surface area contributed by atoms with Gasteiger partial charge in [-0.05, 0) is 45.4 Å². The number of hydrogen-bond acceptors (Lipinski definition) is 5. The third kappa shape index (κ3) is 5.56. The summed E-state index contributed by atoms with van der Waals surface area (Å²) in [6, 6.07) is 8.06. The molecule has 0 aliphatic rings. The van der Waals surface area contributed by atoms with E-state index in [-0.39, 0.29) is 18.0 Å². The van der Waals surface area contributed by atoms with Crippen LogP contribution in [0.15, 0.2) is 35.7 Å². The number of nitrogens with one attached hydrogen (secondary N) is 1. The van der Waals surface area contributed by atoms with Gasteiger partial charge in [-0.25, -0.2) is 0 Å². The number of carbonyl (C=O) groups is 1. The third-order valence-electron chi connectivity index (χ3n) is 3.33. The Morgan fingerprint density at radius 2 is 2.17 bits per heavy atom. The molecule has 130 valence electrons. The first-order valence-corrected chi connectivity index (χ1v) is 8.95. The number of carbonyl (C=O) groups excluding carboxylic acids is 1. The number of amides is 1. The monoisotopic (exact) mass is 348 g/mol. The highest BCUT2D eigenvalue weighted by molar-refractivity contribution is 7.99. The van der Waals surface area contributed by atoms with Crippen molar-refractivity contribution in [2.75, 3.05) is 12.4 Å². The molecule has 0 fully saturated rings. The first kappa shape index (κ1) is 18.3. The summed E-state index contributed by atoms with van der Waals surface area (Å²) in [6.45, 7) is 8.48. The fourth-order valence-corrected chi connectivity index (χ4v) is 2.96. The summed E-state index contributed by atoms with van der Waals surface area (Å²) in [5.74, 6) is 1.08. The summed E-state index contributed by atoms with van der Waals surface area (Å²) in [5.41, 5.74) is 1.15. The molecule has 1 aromatic heterocycles. The van der Waals surface area contributed by atoms with Gasteiger partial charge in [0.15, 0.2) is 5.16 Å². The van der Waals surface area contributed by atoms with E-state index in [0.29, 0.717) is 12.4 Å². The highest BCUT2D eigenvalue weighted by atomic mass is 32.2. The molecule has 1 atom stereocenters. The van der Waals surface area contributed by atoms with Gasteiger partial charge >= 0.3 is 0 Å². The standard InChI is InChI=1S/C17H24N4O2S/c1-12(2)21-11-18-20-17(21)24-10-16(22)19-14(4)9-23-15-7-5-6-13(3)8-15/h5-8,11-12,14H,9-10H2,1-4H3,(H,19,22). The van der Waals surface area contributed by atoms with Crippen LogP contribution in [0.3, 0.4) is 0 Å². The Balaban J connectivity index is 1.74. The van der Waals surface area contributed by atoms with Gasteiger partial charge in [0, 0.05) is 6.04 Å². The molecule has 0 aliphatic heterocycles. The van der Waals surface area contributed by atoms with Crippen molar-refractivity contribution in [2.24, 2.45) is 0 Å². The lowest BCUT2D eigenvalue weighted by atomic mass is 10.2. The summed E-state index contributed by atoms with van der Waals surface area (Å²) in [4.78, 5) is 12.1. The second kappa shape index (κ2) is 8.73. The van der Waals surface area contributed by atoms with E-state index in [9.17, 15) is 4.79 Å². The summed E-state index contributed by atoms with van der Waals surface area (Å²) < 4.78 is 7.65. The fraction of sp³-hybridized carbons (Fsp3) is 0.471. The maximum atomic E-state index is 12.1. The molecule has 0 saturated carbocycles. The molecule has 1 amide bonds.